The fourth-order valence-corrected chi connectivity index (χ4v) is 3.14. The van der Waals surface area contributed by atoms with Gasteiger partial charge in [-0.1, -0.05) is 48.3 Å². The Morgan fingerprint density at radius 2 is 1.90 bits per heavy atom. The second kappa shape index (κ2) is 9.54. The first kappa shape index (κ1) is 20.8. The number of amides is 2. The lowest BCUT2D eigenvalue weighted by atomic mass is 10.3. The third-order valence-corrected chi connectivity index (χ3v) is 4.57. The van der Waals surface area contributed by atoms with Gasteiger partial charge in [-0.05, 0) is 36.8 Å². The van der Waals surface area contributed by atoms with Crippen LogP contribution >= 0.6 is 23.2 Å². The van der Waals surface area contributed by atoms with E-state index in [0.717, 1.165) is 5.69 Å². The van der Waals surface area contributed by atoms with Gasteiger partial charge in [0, 0.05) is 11.6 Å². The fraction of sp³-hybridized carbons (Fsp3) is 0.200. The largest absolute Gasteiger partial charge is 0.328 e. The lowest BCUT2D eigenvalue weighted by molar-refractivity contribution is -0.116. The predicted molar refractivity (Wildman–Crippen MR) is 113 cm³/mol. The number of rotatable bonds is 7. The van der Waals surface area contributed by atoms with Crippen LogP contribution in [0.15, 0.2) is 54.7 Å². The summed E-state index contributed by atoms with van der Waals surface area (Å²) in [5.74, 6) is -0.738. The van der Waals surface area contributed by atoms with Gasteiger partial charge in [0.15, 0.2) is 5.69 Å². The van der Waals surface area contributed by atoms with Crippen LogP contribution in [0.25, 0.3) is 5.69 Å². The summed E-state index contributed by atoms with van der Waals surface area (Å²) in [5.41, 5.74) is 1.34. The molecule has 0 aliphatic carbocycles. The van der Waals surface area contributed by atoms with Gasteiger partial charge in [-0.25, -0.2) is 0 Å². The molecule has 3 rings (SSSR count). The molecule has 0 saturated heterocycles. The van der Waals surface area contributed by atoms with Crippen LogP contribution in [0.4, 0.5) is 5.69 Å². The van der Waals surface area contributed by atoms with Gasteiger partial charge in [0.05, 0.1) is 22.6 Å². The number of nitrogens with one attached hydrogen (secondary N) is 1. The van der Waals surface area contributed by atoms with E-state index in [4.69, 9.17) is 23.2 Å². The van der Waals surface area contributed by atoms with Crippen molar-refractivity contribution in [2.24, 2.45) is 0 Å². The van der Waals surface area contributed by atoms with Gasteiger partial charge >= 0.3 is 0 Å². The summed E-state index contributed by atoms with van der Waals surface area (Å²) >= 11 is 12.0. The number of benzene rings is 2. The molecule has 9 heteroatoms. The Bertz CT molecular complexity index is 1010. The number of aromatic nitrogens is 3. The number of hydrogen-bond donors (Lipinski definition) is 1. The van der Waals surface area contributed by atoms with E-state index < -0.39 is 0 Å². The maximum absolute atomic E-state index is 12.9. The molecule has 1 aromatic heterocycles. The van der Waals surface area contributed by atoms with Crippen molar-refractivity contribution in [1.82, 2.24) is 19.9 Å². The van der Waals surface area contributed by atoms with Crippen molar-refractivity contribution in [1.29, 1.82) is 0 Å². The molecule has 0 fully saturated rings. The van der Waals surface area contributed by atoms with Crippen molar-refractivity contribution in [2.45, 2.75) is 13.3 Å². The summed E-state index contributed by atoms with van der Waals surface area (Å²) < 4.78 is 0. The minimum Gasteiger partial charge on any atom is -0.328 e. The molecule has 2 amide bonds. The highest BCUT2D eigenvalue weighted by atomic mass is 35.5. The zero-order chi connectivity index (χ0) is 20.8. The number of carbonyl (C=O) groups excluding carboxylic acids is 2. The molecule has 0 unspecified atom stereocenters. The highest BCUT2D eigenvalue weighted by Gasteiger charge is 2.21. The molecule has 0 aliphatic rings. The number of para-hydroxylation sites is 1. The Morgan fingerprint density at radius 1 is 1.14 bits per heavy atom. The summed E-state index contributed by atoms with van der Waals surface area (Å²) in [4.78, 5) is 28.1. The van der Waals surface area contributed by atoms with E-state index in [1.165, 1.54) is 22.0 Å². The average molecular weight is 432 g/mol. The molecule has 0 bridgehead atoms. The SMILES string of the molecule is CCCN(CC(=O)Nc1ccc(Cl)cc1Cl)C(=O)c1cnn(-c2ccccc2)n1. The van der Waals surface area contributed by atoms with E-state index in [1.54, 1.807) is 12.1 Å². The average Bonchev–Trinajstić information content (AvgIpc) is 3.20. The van der Waals surface area contributed by atoms with Crippen molar-refractivity contribution in [2.75, 3.05) is 18.4 Å². The topological polar surface area (TPSA) is 80.1 Å². The molecule has 0 spiro atoms. The summed E-state index contributed by atoms with van der Waals surface area (Å²) in [5, 5.41) is 11.9. The van der Waals surface area contributed by atoms with Gasteiger partial charge in [-0.15, -0.1) is 5.10 Å². The number of halogens is 2. The number of hydrogen-bond acceptors (Lipinski definition) is 4. The van der Waals surface area contributed by atoms with Crippen molar-refractivity contribution < 1.29 is 9.59 Å². The van der Waals surface area contributed by atoms with Crippen molar-refractivity contribution in [3.8, 4) is 5.69 Å². The Kier molecular flexibility index (Phi) is 6.85. The smallest absolute Gasteiger partial charge is 0.276 e. The molecule has 3 aromatic rings. The quantitative estimate of drug-likeness (QED) is 0.611. The Morgan fingerprint density at radius 3 is 2.59 bits per heavy atom. The van der Waals surface area contributed by atoms with Crippen LogP contribution in [-0.4, -0.2) is 44.8 Å². The van der Waals surface area contributed by atoms with Crippen molar-refractivity contribution >= 4 is 40.7 Å². The summed E-state index contributed by atoms with van der Waals surface area (Å²) in [6, 6.07) is 14.0. The lowest BCUT2D eigenvalue weighted by Gasteiger charge is -2.20. The Balaban J connectivity index is 1.71. The van der Waals surface area contributed by atoms with Crippen molar-refractivity contribution in [3.63, 3.8) is 0 Å². The van der Waals surface area contributed by atoms with Crippen molar-refractivity contribution in [3.05, 3.63) is 70.5 Å². The highest BCUT2D eigenvalue weighted by molar-refractivity contribution is 6.36. The Hall–Kier alpha value is -2.90. The van der Waals surface area contributed by atoms with Gasteiger partial charge < -0.3 is 10.2 Å². The van der Waals surface area contributed by atoms with Crippen LogP contribution in [0, 0.1) is 0 Å². The van der Waals surface area contributed by atoms with E-state index in [9.17, 15) is 9.59 Å². The first-order valence-corrected chi connectivity index (χ1v) is 9.75. The van der Waals surface area contributed by atoms with E-state index in [-0.39, 0.29) is 24.1 Å². The third-order valence-electron chi connectivity index (χ3n) is 4.02. The predicted octanol–water partition coefficient (Wildman–Crippen LogP) is 4.07. The fourth-order valence-electron chi connectivity index (χ4n) is 2.69. The van der Waals surface area contributed by atoms with E-state index >= 15 is 0 Å². The van der Waals surface area contributed by atoms with Crippen LogP contribution in [0.3, 0.4) is 0 Å². The van der Waals surface area contributed by atoms with E-state index in [2.05, 4.69) is 15.5 Å². The number of anilines is 1. The molecule has 1 N–H and O–H groups in total. The van der Waals surface area contributed by atoms with Gasteiger partial charge in [0.2, 0.25) is 5.91 Å². The first-order valence-electron chi connectivity index (χ1n) is 9.00. The van der Waals surface area contributed by atoms with Gasteiger partial charge in [0.25, 0.3) is 5.91 Å². The van der Waals surface area contributed by atoms with Crippen LogP contribution in [-0.2, 0) is 4.79 Å². The van der Waals surface area contributed by atoms with Crippen LogP contribution in [0.1, 0.15) is 23.8 Å². The van der Waals surface area contributed by atoms with E-state index in [1.807, 2.05) is 37.3 Å². The molecule has 0 atom stereocenters. The molecule has 0 saturated carbocycles. The Labute approximate surface area is 178 Å². The minimum atomic E-state index is -0.369. The first-order chi connectivity index (χ1) is 14.0. The molecule has 2 aromatic carbocycles. The molecule has 0 radical (unpaired) electrons. The molecular formula is C20H19Cl2N5O2. The number of nitrogens with zero attached hydrogens (tertiary/aromatic N) is 4. The standard InChI is InChI=1S/C20H19Cl2N5O2/c1-2-10-26(13-19(28)24-17-9-8-14(21)11-16(17)22)20(29)18-12-23-27(25-18)15-6-4-3-5-7-15/h3-9,11-12H,2,10,13H2,1H3,(H,24,28). The van der Waals surface area contributed by atoms with Gasteiger partial charge in [-0.3, -0.25) is 9.59 Å². The zero-order valence-electron chi connectivity index (χ0n) is 15.7. The normalized spacial score (nSPS) is 10.6. The molecule has 29 heavy (non-hydrogen) atoms. The maximum Gasteiger partial charge on any atom is 0.276 e. The summed E-state index contributed by atoms with van der Waals surface area (Å²) in [6.07, 6.45) is 2.08. The van der Waals surface area contributed by atoms with Gasteiger partial charge in [-0.2, -0.15) is 9.90 Å². The van der Waals surface area contributed by atoms with Crippen LogP contribution in [0.2, 0.25) is 10.0 Å². The molecular weight excluding hydrogens is 413 g/mol. The number of carbonyl (C=O) groups is 2. The minimum absolute atomic E-state index is 0.135. The maximum atomic E-state index is 12.9. The lowest BCUT2D eigenvalue weighted by Crippen LogP contribution is -2.38. The van der Waals surface area contributed by atoms with Crippen LogP contribution < -0.4 is 5.32 Å². The third kappa shape index (κ3) is 5.34. The highest BCUT2D eigenvalue weighted by Crippen LogP contribution is 2.25. The monoisotopic (exact) mass is 431 g/mol. The molecule has 1 heterocycles. The second-order valence-electron chi connectivity index (χ2n) is 6.25. The zero-order valence-corrected chi connectivity index (χ0v) is 17.2. The van der Waals surface area contributed by atoms with Gasteiger partial charge in [0.1, 0.15) is 6.54 Å². The van der Waals surface area contributed by atoms with E-state index in [0.29, 0.717) is 28.7 Å². The molecule has 0 aliphatic heterocycles. The summed E-state index contributed by atoms with van der Waals surface area (Å²) in [6.45, 7) is 2.19. The molecule has 7 nitrogen and oxygen atoms in total. The molecule has 150 valence electrons. The second-order valence-corrected chi connectivity index (χ2v) is 7.10. The summed E-state index contributed by atoms with van der Waals surface area (Å²) in [7, 11) is 0. The van der Waals surface area contributed by atoms with Crippen LogP contribution in [0.5, 0.6) is 0 Å².